The van der Waals surface area contributed by atoms with E-state index in [9.17, 15) is 14.0 Å². The van der Waals surface area contributed by atoms with Crippen LogP contribution in [0.5, 0.6) is 0 Å². The summed E-state index contributed by atoms with van der Waals surface area (Å²) in [6, 6.07) is 5.79. The van der Waals surface area contributed by atoms with Crippen molar-refractivity contribution in [3.05, 3.63) is 30.1 Å². The van der Waals surface area contributed by atoms with E-state index in [-0.39, 0.29) is 54.3 Å². The van der Waals surface area contributed by atoms with Crippen LogP contribution in [0, 0.1) is 11.2 Å². The molecule has 1 aliphatic rings. The van der Waals surface area contributed by atoms with Crippen LogP contribution in [-0.2, 0) is 9.59 Å². The first-order valence-electron chi connectivity index (χ1n) is 9.00. The number of anilines is 1. The maximum absolute atomic E-state index is 13.0. The van der Waals surface area contributed by atoms with Gasteiger partial charge in [0, 0.05) is 44.8 Å². The first-order chi connectivity index (χ1) is 12.2. The second kappa shape index (κ2) is 11.4. The Morgan fingerprint density at radius 2 is 1.64 bits per heavy atom. The Morgan fingerprint density at radius 1 is 1.11 bits per heavy atom. The highest BCUT2D eigenvalue weighted by Gasteiger charge is 2.27. The minimum absolute atomic E-state index is 0. The SMILES string of the molecule is CC(C)(C)[C@H](N)C(=O)NCCC(=O)N1CCN(c2ccc(F)cc2)CC1.Cl.Cl. The van der Waals surface area contributed by atoms with E-state index >= 15 is 0 Å². The van der Waals surface area contributed by atoms with Crippen LogP contribution in [0.15, 0.2) is 24.3 Å². The number of rotatable bonds is 5. The fourth-order valence-corrected chi connectivity index (χ4v) is 2.82. The third kappa shape index (κ3) is 7.45. The van der Waals surface area contributed by atoms with E-state index in [2.05, 4.69) is 10.2 Å². The van der Waals surface area contributed by atoms with Gasteiger partial charge in [0.05, 0.1) is 6.04 Å². The lowest BCUT2D eigenvalue weighted by atomic mass is 9.87. The van der Waals surface area contributed by atoms with Gasteiger partial charge in [-0.3, -0.25) is 9.59 Å². The fraction of sp³-hybridized carbons (Fsp3) is 0.579. The molecule has 0 saturated carbocycles. The zero-order valence-corrected chi connectivity index (χ0v) is 18.2. The number of hydrogen-bond acceptors (Lipinski definition) is 4. The Kier molecular flexibility index (Phi) is 10.8. The number of carbonyl (C=O) groups is 2. The lowest BCUT2D eigenvalue weighted by molar-refractivity contribution is -0.131. The molecule has 0 unspecified atom stereocenters. The molecule has 1 saturated heterocycles. The van der Waals surface area contributed by atoms with E-state index in [1.54, 1.807) is 17.0 Å². The normalized spacial score (nSPS) is 15.2. The molecule has 0 spiro atoms. The molecule has 6 nitrogen and oxygen atoms in total. The van der Waals surface area contributed by atoms with Gasteiger partial charge in [0.25, 0.3) is 0 Å². The number of nitrogens with two attached hydrogens (primary N) is 1. The number of carbonyl (C=O) groups excluding carboxylic acids is 2. The largest absolute Gasteiger partial charge is 0.368 e. The summed E-state index contributed by atoms with van der Waals surface area (Å²) in [4.78, 5) is 28.2. The summed E-state index contributed by atoms with van der Waals surface area (Å²) >= 11 is 0. The number of benzene rings is 1. The molecule has 2 rings (SSSR count). The average molecular weight is 437 g/mol. The van der Waals surface area contributed by atoms with Crippen LogP contribution >= 0.6 is 24.8 Å². The molecule has 1 heterocycles. The minimum Gasteiger partial charge on any atom is -0.368 e. The standard InChI is InChI=1S/C19H29FN4O2.2ClH/c1-19(2,3)17(21)18(26)22-9-8-16(25)24-12-10-23(11-13-24)15-6-4-14(20)5-7-15;;/h4-7,17H,8-13,21H2,1-3H3,(H,22,26);2*1H/t17-;;/m1../s1. The van der Waals surface area contributed by atoms with Crippen LogP contribution < -0.4 is 16.0 Å². The number of amides is 2. The van der Waals surface area contributed by atoms with Crippen molar-refractivity contribution in [3.63, 3.8) is 0 Å². The fourth-order valence-electron chi connectivity index (χ4n) is 2.82. The molecule has 0 aliphatic carbocycles. The molecule has 3 N–H and O–H groups in total. The molecule has 0 radical (unpaired) electrons. The number of halogens is 3. The summed E-state index contributed by atoms with van der Waals surface area (Å²) in [7, 11) is 0. The Balaban J connectivity index is 0.00000364. The van der Waals surface area contributed by atoms with Crippen LogP contribution in [0.25, 0.3) is 0 Å². The van der Waals surface area contributed by atoms with Gasteiger partial charge < -0.3 is 20.9 Å². The maximum atomic E-state index is 13.0. The van der Waals surface area contributed by atoms with Gasteiger partial charge in [-0.25, -0.2) is 4.39 Å². The molecule has 2 amide bonds. The van der Waals surface area contributed by atoms with Crippen molar-refractivity contribution in [1.29, 1.82) is 0 Å². The zero-order chi connectivity index (χ0) is 19.3. The molecule has 0 bridgehead atoms. The predicted molar refractivity (Wildman–Crippen MR) is 115 cm³/mol. The van der Waals surface area contributed by atoms with Gasteiger partial charge in [-0.05, 0) is 29.7 Å². The number of hydrogen-bond donors (Lipinski definition) is 2. The molecule has 1 atom stereocenters. The van der Waals surface area contributed by atoms with Crippen LogP contribution in [-0.4, -0.2) is 55.5 Å². The molecule has 1 aromatic carbocycles. The Bertz CT molecular complexity index is 630. The van der Waals surface area contributed by atoms with Gasteiger partial charge in [0.1, 0.15) is 5.82 Å². The van der Waals surface area contributed by atoms with E-state index in [1.807, 2.05) is 20.8 Å². The molecule has 1 aromatic rings. The van der Waals surface area contributed by atoms with E-state index in [0.717, 1.165) is 5.69 Å². The molecular formula is C19H31Cl2FN4O2. The van der Waals surface area contributed by atoms with E-state index < -0.39 is 6.04 Å². The lowest BCUT2D eigenvalue weighted by Gasteiger charge is -2.36. The number of piperazine rings is 1. The van der Waals surface area contributed by atoms with Crippen molar-refractivity contribution in [1.82, 2.24) is 10.2 Å². The molecule has 0 aromatic heterocycles. The van der Waals surface area contributed by atoms with E-state index in [0.29, 0.717) is 32.7 Å². The number of nitrogens with one attached hydrogen (secondary N) is 1. The molecular weight excluding hydrogens is 406 g/mol. The third-order valence-corrected chi connectivity index (χ3v) is 4.68. The smallest absolute Gasteiger partial charge is 0.237 e. The topological polar surface area (TPSA) is 78.7 Å². The van der Waals surface area contributed by atoms with Crippen molar-refractivity contribution in [2.75, 3.05) is 37.6 Å². The summed E-state index contributed by atoms with van der Waals surface area (Å²) in [5, 5.41) is 2.74. The van der Waals surface area contributed by atoms with Crippen LogP contribution in [0.4, 0.5) is 10.1 Å². The lowest BCUT2D eigenvalue weighted by Crippen LogP contribution is -2.51. The average Bonchev–Trinajstić information content (AvgIpc) is 2.61. The summed E-state index contributed by atoms with van der Waals surface area (Å²) in [5.74, 6) is -0.462. The first-order valence-corrected chi connectivity index (χ1v) is 9.00. The molecule has 9 heteroatoms. The van der Waals surface area contributed by atoms with E-state index in [4.69, 9.17) is 5.73 Å². The third-order valence-electron chi connectivity index (χ3n) is 4.68. The van der Waals surface area contributed by atoms with Gasteiger partial charge in [0.15, 0.2) is 0 Å². The molecule has 1 fully saturated rings. The van der Waals surface area contributed by atoms with Crippen LogP contribution in [0.3, 0.4) is 0 Å². The van der Waals surface area contributed by atoms with Crippen LogP contribution in [0.2, 0.25) is 0 Å². The number of nitrogens with zero attached hydrogens (tertiary/aromatic N) is 2. The second-order valence-corrected chi connectivity index (χ2v) is 7.73. The van der Waals surface area contributed by atoms with Crippen molar-refractivity contribution in [2.45, 2.75) is 33.2 Å². The molecule has 1 aliphatic heterocycles. The van der Waals surface area contributed by atoms with Crippen molar-refractivity contribution < 1.29 is 14.0 Å². The summed E-state index contributed by atoms with van der Waals surface area (Å²) in [6.07, 6.45) is 0.263. The minimum atomic E-state index is -0.600. The Labute approximate surface area is 178 Å². The summed E-state index contributed by atoms with van der Waals surface area (Å²) < 4.78 is 13.0. The van der Waals surface area contributed by atoms with Gasteiger partial charge in [-0.15, -0.1) is 24.8 Å². The first kappa shape index (κ1) is 26.4. The summed E-state index contributed by atoms with van der Waals surface area (Å²) in [6.45, 7) is 8.66. The molecule has 28 heavy (non-hydrogen) atoms. The zero-order valence-electron chi connectivity index (χ0n) is 16.6. The monoisotopic (exact) mass is 436 g/mol. The van der Waals surface area contributed by atoms with Crippen molar-refractivity contribution in [2.24, 2.45) is 11.1 Å². The Hall–Kier alpha value is -1.57. The van der Waals surface area contributed by atoms with E-state index in [1.165, 1.54) is 12.1 Å². The second-order valence-electron chi connectivity index (χ2n) is 7.73. The van der Waals surface area contributed by atoms with Gasteiger partial charge in [0.2, 0.25) is 11.8 Å². The van der Waals surface area contributed by atoms with Crippen LogP contribution in [0.1, 0.15) is 27.2 Å². The quantitative estimate of drug-likeness (QED) is 0.741. The summed E-state index contributed by atoms with van der Waals surface area (Å²) in [5.41, 5.74) is 6.54. The highest BCUT2D eigenvalue weighted by molar-refractivity contribution is 5.85. The van der Waals surface area contributed by atoms with Crippen molar-refractivity contribution in [3.8, 4) is 0 Å². The van der Waals surface area contributed by atoms with Crippen molar-refractivity contribution >= 4 is 42.3 Å². The van der Waals surface area contributed by atoms with Gasteiger partial charge in [-0.1, -0.05) is 20.8 Å². The molecule has 160 valence electrons. The van der Waals surface area contributed by atoms with Gasteiger partial charge >= 0.3 is 0 Å². The highest BCUT2D eigenvalue weighted by atomic mass is 35.5. The predicted octanol–water partition coefficient (Wildman–Crippen LogP) is 2.20. The van der Waals surface area contributed by atoms with Gasteiger partial charge in [-0.2, -0.15) is 0 Å². The maximum Gasteiger partial charge on any atom is 0.237 e. The highest BCUT2D eigenvalue weighted by Crippen LogP contribution is 2.18. The Morgan fingerprint density at radius 3 is 2.14 bits per heavy atom.